The summed E-state index contributed by atoms with van der Waals surface area (Å²) in [5.41, 5.74) is 4.66. The number of aliphatic hydroxyl groups is 1. The van der Waals surface area contributed by atoms with Crippen LogP contribution in [0, 0.1) is 24.0 Å². The average molecular weight is 482 g/mol. The van der Waals surface area contributed by atoms with Crippen LogP contribution in [0.15, 0.2) is 83.5 Å². The molecule has 1 unspecified atom stereocenters. The van der Waals surface area contributed by atoms with Gasteiger partial charge >= 0.3 is 0 Å². The van der Waals surface area contributed by atoms with Gasteiger partial charge in [0.2, 0.25) is 0 Å². The van der Waals surface area contributed by atoms with Gasteiger partial charge in [-0.05, 0) is 60.9 Å². The topological polar surface area (TPSA) is 112 Å². The number of ether oxygens (including phenoxy) is 1. The van der Waals surface area contributed by atoms with Crippen molar-refractivity contribution >= 4 is 16.6 Å². The van der Waals surface area contributed by atoms with Crippen LogP contribution in [-0.2, 0) is 6.61 Å². The summed E-state index contributed by atoms with van der Waals surface area (Å²) in [7, 11) is 0. The first-order chi connectivity index (χ1) is 17.4. The molecule has 8 heteroatoms. The van der Waals surface area contributed by atoms with Gasteiger partial charge in [0.05, 0.1) is 21.7 Å². The Morgan fingerprint density at radius 1 is 1.03 bits per heavy atom. The van der Waals surface area contributed by atoms with Crippen LogP contribution in [-0.4, -0.2) is 20.2 Å². The number of hydrogen-bond donors (Lipinski definition) is 1. The molecule has 0 aliphatic rings. The van der Waals surface area contributed by atoms with Gasteiger partial charge in [0.15, 0.2) is 0 Å². The van der Waals surface area contributed by atoms with E-state index in [4.69, 9.17) is 9.26 Å². The SMILES string of the molecule is Cc1noc(C)c1-c1cc(OCc2c([N+](=O)[O-])ccc3ncccc23)cc(C(O)c2ccccc2)c1. The van der Waals surface area contributed by atoms with Crippen LogP contribution in [0.3, 0.4) is 0 Å². The Labute approximate surface area is 206 Å². The van der Waals surface area contributed by atoms with E-state index in [1.807, 2.05) is 56.3 Å². The molecule has 0 saturated heterocycles. The highest BCUT2D eigenvalue weighted by atomic mass is 16.6. The number of nitro benzene ring substituents is 1. The molecule has 3 aromatic carbocycles. The Morgan fingerprint density at radius 2 is 1.83 bits per heavy atom. The van der Waals surface area contributed by atoms with Gasteiger partial charge in [0.25, 0.3) is 5.69 Å². The Bertz CT molecular complexity index is 1540. The highest BCUT2D eigenvalue weighted by molar-refractivity contribution is 5.85. The molecule has 0 aliphatic carbocycles. The lowest BCUT2D eigenvalue weighted by atomic mass is 9.96. The number of benzene rings is 3. The third-order valence-electron chi connectivity index (χ3n) is 6.13. The molecular formula is C28H23N3O5. The molecule has 180 valence electrons. The van der Waals surface area contributed by atoms with E-state index in [-0.39, 0.29) is 12.3 Å². The summed E-state index contributed by atoms with van der Waals surface area (Å²) in [6.07, 6.45) is 0.744. The average Bonchev–Trinajstić information content (AvgIpc) is 3.24. The van der Waals surface area contributed by atoms with Crippen molar-refractivity contribution in [1.82, 2.24) is 10.1 Å². The van der Waals surface area contributed by atoms with Crippen LogP contribution >= 0.6 is 0 Å². The summed E-state index contributed by atoms with van der Waals surface area (Å²) < 4.78 is 11.5. The predicted molar refractivity (Wildman–Crippen MR) is 135 cm³/mol. The molecule has 1 N–H and O–H groups in total. The van der Waals surface area contributed by atoms with Gasteiger partial charge in [-0.1, -0.05) is 41.6 Å². The van der Waals surface area contributed by atoms with E-state index < -0.39 is 11.0 Å². The quantitative estimate of drug-likeness (QED) is 0.222. The zero-order chi connectivity index (χ0) is 25.2. The summed E-state index contributed by atoms with van der Waals surface area (Å²) in [5, 5.41) is 27.6. The van der Waals surface area contributed by atoms with Crippen LogP contribution in [0.2, 0.25) is 0 Å². The van der Waals surface area contributed by atoms with Crippen LogP contribution in [0.25, 0.3) is 22.0 Å². The van der Waals surface area contributed by atoms with Gasteiger partial charge in [0, 0.05) is 23.2 Å². The minimum atomic E-state index is -0.898. The molecule has 5 aromatic rings. The first-order valence-corrected chi connectivity index (χ1v) is 11.4. The summed E-state index contributed by atoms with van der Waals surface area (Å²) >= 11 is 0. The van der Waals surface area contributed by atoms with Crippen molar-refractivity contribution in [1.29, 1.82) is 0 Å². The van der Waals surface area contributed by atoms with Crippen LogP contribution in [0.4, 0.5) is 5.69 Å². The zero-order valence-electron chi connectivity index (χ0n) is 19.7. The van der Waals surface area contributed by atoms with E-state index in [0.717, 1.165) is 16.7 Å². The van der Waals surface area contributed by atoms with Crippen molar-refractivity contribution in [3.8, 4) is 16.9 Å². The van der Waals surface area contributed by atoms with Crippen LogP contribution in [0.1, 0.15) is 34.2 Å². The summed E-state index contributed by atoms with van der Waals surface area (Å²) in [5.74, 6) is 1.09. The second kappa shape index (κ2) is 9.59. The minimum Gasteiger partial charge on any atom is -0.489 e. The zero-order valence-corrected chi connectivity index (χ0v) is 19.7. The van der Waals surface area contributed by atoms with E-state index in [1.54, 1.807) is 30.5 Å². The van der Waals surface area contributed by atoms with Crippen molar-refractivity contribution in [2.75, 3.05) is 0 Å². The van der Waals surface area contributed by atoms with Crippen molar-refractivity contribution in [2.24, 2.45) is 0 Å². The molecule has 0 saturated carbocycles. The predicted octanol–water partition coefficient (Wildman–Crippen LogP) is 6.08. The van der Waals surface area contributed by atoms with Gasteiger partial charge in [-0.3, -0.25) is 15.1 Å². The number of pyridine rings is 1. The Kier molecular flexibility index (Phi) is 6.18. The number of aromatic nitrogens is 2. The molecule has 36 heavy (non-hydrogen) atoms. The number of nitro groups is 1. The lowest BCUT2D eigenvalue weighted by Gasteiger charge is -2.16. The number of nitrogens with zero attached hydrogens (tertiary/aromatic N) is 3. The molecule has 2 aromatic heterocycles. The normalized spacial score (nSPS) is 12.0. The first-order valence-electron chi connectivity index (χ1n) is 11.4. The molecule has 0 spiro atoms. The van der Waals surface area contributed by atoms with Crippen molar-refractivity contribution in [3.05, 3.63) is 117 Å². The third kappa shape index (κ3) is 4.42. The number of fused-ring (bicyclic) bond motifs is 1. The van der Waals surface area contributed by atoms with Gasteiger partial charge in [0.1, 0.15) is 24.2 Å². The number of aliphatic hydroxyl groups excluding tert-OH is 1. The van der Waals surface area contributed by atoms with E-state index in [0.29, 0.717) is 39.2 Å². The fourth-order valence-electron chi connectivity index (χ4n) is 4.41. The molecule has 2 heterocycles. The summed E-state index contributed by atoms with van der Waals surface area (Å²) in [6, 6.07) is 21.4. The van der Waals surface area contributed by atoms with E-state index in [2.05, 4.69) is 10.1 Å². The fourth-order valence-corrected chi connectivity index (χ4v) is 4.41. The van der Waals surface area contributed by atoms with Crippen LogP contribution in [0.5, 0.6) is 5.75 Å². The molecule has 0 bridgehead atoms. The Hall–Kier alpha value is -4.56. The summed E-state index contributed by atoms with van der Waals surface area (Å²) in [4.78, 5) is 15.6. The lowest BCUT2D eigenvalue weighted by Crippen LogP contribution is -2.04. The maximum atomic E-state index is 11.7. The molecule has 0 fully saturated rings. The van der Waals surface area contributed by atoms with Gasteiger partial charge in [-0.2, -0.15) is 0 Å². The Balaban J connectivity index is 1.58. The lowest BCUT2D eigenvalue weighted by molar-refractivity contribution is -0.385. The van der Waals surface area contributed by atoms with Gasteiger partial charge in [-0.25, -0.2) is 0 Å². The van der Waals surface area contributed by atoms with E-state index >= 15 is 0 Å². The molecule has 5 rings (SSSR count). The van der Waals surface area contributed by atoms with Crippen molar-refractivity contribution in [3.63, 3.8) is 0 Å². The van der Waals surface area contributed by atoms with Crippen molar-refractivity contribution in [2.45, 2.75) is 26.6 Å². The number of rotatable bonds is 7. The van der Waals surface area contributed by atoms with E-state index in [9.17, 15) is 15.2 Å². The molecular weight excluding hydrogens is 458 g/mol. The van der Waals surface area contributed by atoms with Gasteiger partial charge < -0.3 is 14.4 Å². The molecule has 8 nitrogen and oxygen atoms in total. The maximum Gasteiger partial charge on any atom is 0.276 e. The summed E-state index contributed by atoms with van der Waals surface area (Å²) in [6.45, 7) is 3.62. The third-order valence-corrected chi connectivity index (χ3v) is 6.13. The fraction of sp³-hybridized carbons (Fsp3) is 0.143. The number of aryl methyl sites for hydroxylation is 2. The second-order valence-electron chi connectivity index (χ2n) is 8.48. The standard InChI is InChI=1S/C28H23N3O5/c1-17-27(18(2)36-30-17)20-13-21(28(32)19-7-4-3-5-8-19)15-22(14-20)35-16-24-23-9-6-12-29-25(23)10-11-26(24)31(33)34/h3-15,28,32H,16H2,1-2H3. The molecule has 0 aliphatic heterocycles. The second-order valence-corrected chi connectivity index (χ2v) is 8.48. The Morgan fingerprint density at radius 3 is 2.56 bits per heavy atom. The van der Waals surface area contributed by atoms with Crippen molar-refractivity contribution < 1.29 is 19.3 Å². The maximum absolute atomic E-state index is 11.7. The van der Waals surface area contributed by atoms with E-state index in [1.165, 1.54) is 6.07 Å². The first kappa shape index (κ1) is 23.2. The smallest absolute Gasteiger partial charge is 0.276 e. The molecule has 0 amide bonds. The highest BCUT2D eigenvalue weighted by Gasteiger charge is 2.20. The molecule has 1 atom stereocenters. The minimum absolute atomic E-state index is 0.0399. The number of hydrogen-bond acceptors (Lipinski definition) is 7. The monoisotopic (exact) mass is 481 g/mol. The largest absolute Gasteiger partial charge is 0.489 e. The van der Waals surface area contributed by atoms with Crippen LogP contribution < -0.4 is 4.74 Å². The highest BCUT2D eigenvalue weighted by Crippen LogP contribution is 2.35. The molecule has 0 radical (unpaired) electrons. The van der Waals surface area contributed by atoms with Gasteiger partial charge in [-0.15, -0.1) is 0 Å².